The molecule has 0 fully saturated rings. The number of para-hydroxylation sites is 1. The highest BCUT2D eigenvalue weighted by atomic mass is 32.2. The second-order valence-corrected chi connectivity index (χ2v) is 7.59. The van der Waals surface area contributed by atoms with E-state index in [2.05, 4.69) is 15.0 Å². The predicted octanol–water partition coefficient (Wildman–Crippen LogP) is 5.47. The number of rotatable bonds is 5. The maximum atomic E-state index is 14.1. The van der Waals surface area contributed by atoms with E-state index in [0.29, 0.717) is 21.7 Å². The van der Waals surface area contributed by atoms with E-state index in [-0.39, 0.29) is 5.75 Å². The van der Waals surface area contributed by atoms with E-state index >= 15 is 0 Å². The van der Waals surface area contributed by atoms with Crippen molar-refractivity contribution < 1.29 is 13.5 Å². The van der Waals surface area contributed by atoms with Crippen LogP contribution in [0.1, 0.15) is 6.92 Å². The van der Waals surface area contributed by atoms with Gasteiger partial charge in [-0.25, -0.2) is 23.7 Å². The lowest BCUT2D eigenvalue weighted by Crippen LogP contribution is -2.17. The molecule has 0 saturated heterocycles. The Kier molecular flexibility index (Phi) is 5.45. The molecular formula is C19H14F2N4OS2. The highest BCUT2D eigenvalue weighted by molar-refractivity contribution is 8.02. The van der Waals surface area contributed by atoms with Gasteiger partial charge in [-0.05, 0) is 42.3 Å². The summed E-state index contributed by atoms with van der Waals surface area (Å²) < 4.78 is 33.9. The maximum Gasteiger partial charge on any atom is 0.198 e. The summed E-state index contributed by atoms with van der Waals surface area (Å²) in [4.78, 5) is 15.4. The van der Waals surface area contributed by atoms with Crippen molar-refractivity contribution in [3.63, 3.8) is 0 Å². The van der Waals surface area contributed by atoms with E-state index in [1.165, 1.54) is 17.8 Å². The van der Waals surface area contributed by atoms with Crippen LogP contribution in [-0.2, 0) is 0 Å². The van der Waals surface area contributed by atoms with Crippen molar-refractivity contribution in [2.45, 2.75) is 17.0 Å². The Labute approximate surface area is 168 Å². The van der Waals surface area contributed by atoms with Crippen molar-refractivity contribution >= 4 is 29.3 Å². The largest absolute Gasteiger partial charge is 0.450 e. The third-order valence-electron chi connectivity index (χ3n) is 3.85. The number of halogens is 2. The third-order valence-corrected chi connectivity index (χ3v) is 5.69. The number of thioether (sulfide) groups is 1. The Morgan fingerprint density at radius 3 is 2.54 bits per heavy atom. The van der Waals surface area contributed by atoms with E-state index in [9.17, 15) is 8.78 Å². The quantitative estimate of drug-likeness (QED) is 0.512. The van der Waals surface area contributed by atoms with Crippen LogP contribution in [0.4, 0.5) is 14.6 Å². The first-order valence-electron chi connectivity index (χ1n) is 8.24. The molecule has 0 amide bonds. The Morgan fingerprint density at radius 2 is 1.86 bits per heavy atom. The van der Waals surface area contributed by atoms with Crippen LogP contribution in [0, 0.1) is 11.6 Å². The first-order chi connectivity index (χ1) is 13.6. The number of pyridine rings is 1. The average molecular weight is 416 g/mol. The number of nitrogens with zero attached hydrogens (tertiary/aromatic N) is 4. The number of allylic oxidation sites excluding steroid dienone is 1. The maximum absolute atomic E-state index is 14.1. The molecule has 9 heteroatoms. The zero-order valence-electron chi connectivity index (χ0n) is 14.7. The van der Waals surface area contributed by atoms with Crippen LogP contribution in [0.5, 0.6) is 11.5 Å². The van der Waals surface area contributed by atoms with Gasteiger partial charge in [0.1, 0.15) is 11.6 Å². The van der Waals surface area contributed by atoms with Crippen LogP contribution < -0.4 is 9.64 Å². The number of anilines is 1. The van der Waals surface area contributed by atoms with Gasteiger partial charge in [0.2, 0.25) is 0 Å². The summed E-state index contributed by atoms with van der Waals surface area (Å²) in [5, 5.41) is 2.50. The summed E-state index contributed by atoms with van der Waals surface area (Å²) in [6.07, 6.45) is 4.83. The van der Waals surface area contributed by atoms with E-state index < -0.39 is 17.4 Å². The molecule has 0 spiro atoms. The molecule has 3 aromatic rings. The first-order valence-corrected chi connectivity index (χ1v) is 10.1. The van der Waals surface area contributed by atoms with Crippen molar-refractivity contribution in [3.05, 3.63) is 71.7 Å². The Hall–Kier alpha value is -2.65. The van der Waals surface area contributed by atoms with Crippen LogP contribution >= 0.6 is 23.5 Å². The highest BCUT2D eigenvalue weighted by Crippen LogP contribution is 2.40. The lowest BCUT2D eigenvalue weighted by atomic mass is 10.3. The van der Waals surface area contributed by atoms with Crippen molar-refractivity contribution in [3.8, 4) is 11.5 Å². The summed E-state index contributed by atoms with van der Waals surface area (Å²) >= 11 is 2.85. The molecule has 28 heavy (non-hydrogen) atoms. The zero-order valence-corrected chi connectivity index (χ0v) is 16.3. The van der Waals surface area contributed by atoms with Crippen LogP contribution in [0.2, 0.25) is 0 Å². The Balaban J connectivity index is 1.74. The number of ether oxygens (including phenoxy) is 1. The smallest absolute Gasteiger partial charge is 0.198 e. The lowest BCUT2D eigenvalue weighted by Gasteiger charge is -2.20. The number of aromatic nitrogens is 3. The van der Waals surface area contributed by atoms with Gasteiger partial charge < -0.3 is 9.64 Å². The topological polar surface area (TPSA) is 51.1 Å². The van der Waals surface area contributed by atoms with Crippen LogP contribution in [0.15, 0.2) is 70.1 Å². The fourth-order valence-electron chi connectivity index (χ4n) is 2.49. The number of hydrogen-bond acceptors (Lipinski definition) is 7. The van der Waals surface area contributed by atoms with Gasteiger partial charge >= 0.3 is 0 Å². The van der Waals surface area contributed by atoms with Gasteiger partial charge in [0.25, 0.3) is 0 Å². The number of hydrogen-bond donors (Lipinski definition) is 0. The second kappa shape index (κ2) is 8.15. The predicted molar refractivity (Wildman–Crippen MR) is 106 cm³/mol. The molecule has 0 bridgehead atoms. The lowest BCUT2D eigenvalue weighted by molar-refractivity contribution is 0.400. The SMILES string of the molecule is CC1=CSCN1c1cc(Oc2c(F)cccc2F)c(Sc2ncccn2)cn1. The van der Waals surface area contributed by atoms with Gasteiger partial charge in [-0.1, -0.05) is 6.07 Å². The molecule has 1 aliphatic rings. The molecule has 142 valence electrons. The fraction of sp³-hybridized carbons (Fsp3) is 0.105. The van der Waals surface area contributed by atoms with E-state index in [4.69, 9.17) is 4.74 Å². The fourth-order valence-corrected chi connectivity index (χ4v) is 4.15. The summed E-state index contributed by atoms with van der Waals surface area (Å²) in [5.74, 6) is -0.407. The minimum absolute atomic E-state index is 0.274. The molecule has 0 radical (unpaired) electrons. The van der Waals surface area contributed by atoms with Crippen molar-refractivity contribution in [2.75, 3.05) is 10.8 Å². The second-order valence-electron chi connectivity index (χ2n) is 5.76. The summed E-state index contributed by atoms with van der Waals surface area (Å²) in [6, 6.07) is 6.96. The van der Waals surface area contributed by atoms with E-state index in [0.717, 1.165) is 17.8 Å². The summed E-state index contributed by atoms with van der Waals surface area (Å²) in [5.41, 5.74) is 1.03. The Morgan fingerprint density at radius 1 is 1.11 bits per heavy atom. The average Bonchev–Trinajstić information content (AvgIpc) is 3.13. The molecule has 0 saturated carbocycles. The monoisotopic (exact) mass is 416 g/mol. The molecule has 0 unspecified atom stereocenters. The molecule has 0 aliphatic carbocycles. The molecule has 0 N–H and O–H groups in total. The van der Waals surface area contributed by atoms with Crippen LogP contribution in [-0.4, -0.2) is 20.8 Å². The highest BCUT2D eigenvalue weighted by Gasteiger charge is 2.20. The molecule has 5 nitrogen and oxygen atoms in total. The molecule has 1 aromatic carbocycles. The molecular weight excluding hydrogens is 402 g/mol. The van der Waals surface area contributed by atoms with Gasteiger partial charge in [-0.15, -0.1) is 11.8 Å². The molecule has 1 aliphatic heterocycles. The Bertz CT molecular complexity index is 1010. The minimum Gasteiger partial charge on any atom is -0.450 e. The summed E-state index contributed by atoms with van der Waals surface area (Å²) in [7, 11) is 0. The van der Waals surface area contributed by atoms with Crippen molar-refractivity contribution in [1.82, 2.24) is 15.0 Å². The van der Waals surface area contributed by atoms with Crippen LogP contribution in [0.25, 0.3) is 0 Å². The minimum atomic E-state index is -0.780. The first kappa shape index (κ1) is 18.7. The van der Waals surface area contributed by atoms with E-state index in [1.807, 2.05) is 17.2 Å². The number of benzene rings is 1. The van der Waals surface area contributed by atoms with E-state index in [1.54, 1.807) is 42.5 Å². The molecule has 3 heterocycles. The third kappa shape index (κ3) is 3.95. The molecule has 0 atom stereocenters. The normalized spacial score (nSPS) is 13.5. The van der Waals surface area contributed by atoms with Crippen molar-refractivity contribution in [2.24, 2.45) is 0 Å². The van der Waals surface area contributed by atoms with Gasteiger partial charge in [0.05, 0.1) is 10.8 Å². The standard InChI is InChI=1S/C19H14F2N4OS2/c1-12-10-27-11-25(12)17-8-15(26-18-13(20)4-2-5-14(18)21)16(9-24-17)28-19-22-6-3-7-23-19/h2-10H,11H2,1H3. The molecule has 4 rings (SSSR count). The van der Waals surface area contributed by atoms with Crippen LogP contribution in [0.3, 0.4) is 0 Å². The van der Waals surface area contributed by atoms with Crippen molar-refractivity contribution in [1.29, 1.82) is 0 Å². The zero-order chi connectivity index (χ0) is 19.5. The van der Waals surface area contributed by atoms with Gasteiger partial charge in [-0.2, -0.15) is 0 Å². The van der Waals surface area contributed by atoms with Gasteiger partial charge in [0, 0.05) is 30.4 Å². The summed E-state index contributed by atoms with van der Waals surface area (Å²) in [6.45, 7) is 1.97. The molecule has 2 aromatic heterocycles. The van der Waals surface area contributed by atoms with Gasteiger partial charge in [0.15, 0.2) is 22.5 Å². The van der Waals surface area contributed by atoms with Gasteiger partial charge in [-0.3, -0.25) is 0 Å².